The van der Waals surface area contributed by atoms with Crippen LogP contribution in [-0.2, 0) is 4.74 Å². The number of amides is 1. The highest BCUT2D eigenvalue weighted by atomic mass is 35.5. The SMILES string of the molecule is COC(=O)c1ccc(C)cc1C(=O)Nc1nc(Cl)cs1. The minimum atomic E-state index is -0.563. The maximum atomic E-state index is 12.2. The number of hydrogen-bond donors (Lipinski definition) is 1. The number of benzene rings is 1. The van der Waals surface area contributed by atoms with Crippen LogP contribution in [0.3, 0.4) is 0 Å². The highest BCUT2D eigenvalue weighted by molar-refractivity contribution is 7.14. The van der Waals surface area contributed by atoms with Crippen molar-refractivity contribution >= 4 is 39.9 Å². The van der Waals surface area contributed by atoms with Gasteiger partial charge in [0.05, 0.1) is 18.2 Å². The van der Waals surface area contributed by atoms with Crippen molar-refractivity contribution < 1.29 is 14.3 Å². The van der Waals surface area contributed by atoms with Crippen molar-refractivity contribution in [1.82, 2.24) is 4.98 Å². The number of nitrogens with zero attached hydrogens (tertiary/aromatic N) is 1. The molecule has 1 aromatic carbocycles. The molecule has 0 fully saturated rings. The van der Waals surface area contributed by atoms with Gasteiger partial charge in [0.1, 0.15) is 5.15 Å². The molecule has 1 aromatic heterocycles. The molecule has 5 nitrogen and oxygen atoms in total. The van der Waals surface area contributed by atoms with Gasteiger partial charge < -0.3 is 4.74 Å². The number of aryl methyl sites for hydroxylation is 1. The maximum absolute atomic E-state index is 12.2. The second-order valence-corrected chi connectivity index (χ2v) is 5.22. The van der Waals surface area contributed by atoms with Crippen LogP contribution in [0.15, 0.2) is 23.6 Å². The predicted molar refractivity (Wildman–Crippen MR) is 77.6 cm³/mol. The first-order valence-electron chi connectivity index (χ1n) is 5.62. The highest BCUT2D eigenvalue weighted by Crippen LogP contribution is 2.21. The second-order valence-electron chi connectivity index (χ2n) is 3.97. The van der Waals surface area contributed by atoms with E-state index in [4.69, 9.17) is 11.6 Å². The lowest BCUT2D eigenvalue weighted by Gasteiger charge is -2.08. The van der Waals surface area contributed by atoms with Crippen molar-refractivity contribution in [2.24, 2.45) is 0 Å². The molecule has 0 saturated carbocycles. The fourth-order valence-corrected chi connectivity index (χ4v) is 2.44. The lowest BCUT2D eigenvalue weighted by Crippen LogP contribution is -2.17. The standard InChI is InChI=1S/C13H11ClN2O3S/c1-7-3-4-8(12(18)19-2)9(5-7)11(17)16-13-15-10(14)6-20-13/h3-6H,1-2H3,(H,15,16,17). The van der Waals surface area contributed by atoms with Crippen LogP contribution in [0.4, 0.5) is 5.13 Å². The molecule has 1 N–H and O–H groups in total. The molecule has 20 heavy (non-hydrogen) atoms. The van der Waals surface area contributed by atoms with E-state index in [1.54, 1.807) is 23.6 Å². The Bertz CT molecular complexity index is 669. The van der Waals surface area contributed by atoms with Crippen LogP contribution in [0, 0.1) is 6.92 Å². The number of carbonyl (C=O) groups excluding carboxylic acids is 2. The summed E-state index contributed by atoms with van der Waals surface area (Å²) in [5, 5.41) is 4.89. The van der Waals surface area contributed by atoms with E-state index in [0.29, 0.717) is 10.3 Å². The summed E-state index contributed by atoms with van der Waals surface area (Å²) in [5.41, 5.74) is 1.31. The molecular weight excluding hydrogens is 300 g/mol. The van der Waals surface area contributed by atoms with E-state index in [0.717, 1.165) is 5.56 Å². The number of esters is 1. The summed E-state index contributed by atoms with van der Waals surface area (Å²) in [7, 11) is 1.27. The zero-order chi connectivity index (χ0) is 14.7. The maximum Gasteiger partial charge on any atom is 0.338 e. The Kier molecular flexibility index (Phi) is 4.36. The molecule has 1 amide bonds. The molecule has 0 aliphatic heterocycles. The topological polar surface area (TPSA) is 68.3 Å². The molecule has 0 aliphatic carbocycles. The molecule has 2 aromatic rings. The number of ether oxygens (including phenoxy) is 1. The monoisotopic (exact) mass is 310 g/mol. The van der Waals surface area contributed by atoms with E-state index in [-0.39, 0.29) is 11.1 Å². The van der Waals surface area contributed by atoms with Crippen LogP contribution >= 0.6 is 22.9 Å². The molecule has 7 heteroatoms. The number of carbonyl (C=O) groups is 2. The van der Waals surface area contributed by atoms with Gasteiger partial charge in [0.15, 0.2) is 5.13 Å². The van der Waals surface area contributed by atoms with Crippen LogP contribution in [0.5, 0.6) is 0 Å². The first-order valence-corrected chi connectivity index (χ1v) is 6.88. The first-order chi connectivity index (χ1) is 9.51. The van der Waals surface area contributed by atoms with Gasteiger partial charge in [0.2, 0.25) is 0 Å². The van der Waals surface area contributed by atoms with E-state index in [1.807, 2.05) is 6.92 Å². The summed E-state index contributed by atoms with van der Waals surface area (Å²) in [4.78, 5) is 27.8. The number of aromatic nitrogens is 1. The van der Waals surface area contributed by atoms with Gasteiger partial charge in [-0.1, -0.05) is 23.2 Å². The van der Waals surface area contributed by atoms with Gasteiger partial charge in [0.25, 0.3) is 5.91 Å². The molecule has 0 spiro atoms. The zero-order valence-electron chi connectivity index (χ0n) is 10.8. The Morgan fingerprint density at radius 1 is 1.35 bits per heavy atom. The Hall–Kier alpha value is -1.92. The van der Waals surface area contributed by atoms with Gasteiger partial charge in [-0.3, -0.25) is 10.1 Å². The van der Waals surface area contributed by atoms with E-state index in [1.165, 1.54) is 18.4 Å². The van der Waals surface area contributed by atoms with Crippen molar-refractivity contribution in [2.45, 2.75) is 6.92 Å². The Morgan fingerprint density at radius 3 is 2.70 bits per heavy atom. The largest absolute Gasteiger partial charge is 0.465 e. The van der Waals surface area contributed by atoms with Gasteiger partial charge in [-0.05, 0) is 19.1 Å². The van der Waals surface area contributed by atoms with E-state index in [9.17, 15) is 9.59 Å². The molecule has 2 rings (SSSR count). The van der Waals surface area contributed by atoms with Crippen LogP contribution in [0.2, 0.25) is 5.15 Å². The molecular formula is C13H11ClN2O3S. The van der Waals surface area contributed by atoms with Crippen LogP contribution in [0.1, 0.15) is 26.3 Å². The number of rotatable bonds is 3. The Labute approximate surface area is 124 Å². The molecule has 1 heterocycles. The number of halogens is 1. The summed E-state index contributed by atoms with van der Waals surface area (Å²) >= 11 is 6.90. The van der Waals surface area contributed by atoms with Crippen LogP contribution < -0.4 is 5.32 Å². The van der Waals surface area contributed by atoms with Gasteiger partial charge in [0, 0.05) is 5.38 Å². The summed E-state index contributed by atoms with van der Waals surface area (Å²) in [6.07, 6.45) is 0. The Balaban J connectivity index is 2.33. The quantitative estimate of drug-likeness (QED) is 0.884. The fourth-order valence-electron chi connectivity index (χ4n) is 1.61. The van der Waals surface area contributed by atoms with Gasteiger partial charge in [-0.2, -0.15) is 0 Å². The second kappa shape index (κ2) is 6.02. The summed E-state index contributed by atoms with van der Waals surface area (Å²) in [5.74, 6) is -0.993. The van der Waals surface area contributed by atoms with Crippen molar-refractivity contribution in [3.8, 4) is 0 Å². The molecule has 0 bridgehead atoms. The van der Waals surface area contributed by atoms with Crippen molar-refractivity contribution in [2.75, 3.05) is 12.4 Å². The third kappa shape index (κ3) is 3.15. The van der Waals surface area contributed by atoms with Crippen molar-refractivity contribution in [3.63, 3.8) is 0 Å². The summed E-state index contributed by atoms with van der Waals surface area (Å²) < 4.78 is 4.67. The van der Waals surface area contributed by atoms with Crippen LogP contribution in [-0.4, -0.2) is 24.0 Å². The lowest BCUT2D eigenvalue weighted by molar-refractivity contribution is 0.0597. The molecule has 0 atom stereocenters. The molecule has 0 radical (unpaired) electrons. The zero-order valence-corrected chi connectivity index (χ0v) is 12.3. The highest BCUT2D eigenvalue weighted by Gasteiger charge is 2.18. The van der Waals surface area contributed by atoms with Gasteiger partial charge in [-0.15, -0.1) is 11.3 Å². The number of anilines is 1. The smallest absolute Gasteiger partial charge is 0.338 e. The van der Waals surface area contributed by atoms with Gasteiger partial charge in [-0.25, -0.2) is 9.78 Å². The average molecular weight is 311 g/mol. The molecule has 0 saturated heterocycles. The number of nitrogens with one attached hydrogen (secondary N) is 1. The Morgan fingerprint density at radius 2 is 2.10 bits per heavy atom. The van der Waals surface area contributed by atoms with Crippen molar-refractivity contribution in [3.05, 3.63) is 45.4 Å². The molecule has 0 aliphatic rings. The van der Waals surface area contributed by atoms with E-state index in [2.05, 4.69) is 15.0 Å². The van der Waals surface area contributed by atoms with E-state index < -0.39 is 11.9 Å². The minimum absolute atomic E-state index is 0.207. The molecule has 0 unspecified atom stereocenters. The minimum Gasteiger partial charge on any atom is -0.465 e. The number of hydrogen-bond acceptors (Lipinski definition) is 5. The van der Waals surface area contributed by atoms with Crippen molar-refractivity contribution in [1.29, 1.82) is 0 Å². The molecule has 104 valence electrons. The first kappa shape index (κ1) is 14.5. The van der Waals surface area contributed by atoms with E-state index >= 15 is 0 Å². The number of methoxy groups -OCH3 is 1. The lowest BCUT2D eigenvalue weighted by atomic mass is 10.0. The average Bonchev–Trinajstić information content (AvgIpc) is 2.83. The number of thiazole rings is 1. The fraction of sp³-hybridized carbons (Fsp3) is 0.154. The predicted octanol–water partition coefficient (Wildman–Crippen LogP) is 3.14. The summed E-state index contributed by atoms with van der Waals surface area (Å²) in [6.45, 7) is 1.83. The normalized spacial score (nSPS) is 10.2. The van der Waals surface area contributed by atoms with Gasteiger partial charge >= 0.3 is 5.97 Å². The van der Waals surface area contributed by atoms with Crippen LogP contribution in [0.25, 0.3) is 0 Å². The third-order valence-corrected chi connectivity index (χ3v) is 3.60. The third-order valence-electron chi connectivity index (χ3n) is 2.52. The summed E-state index contributed by atoms with van der Waals surface area (Å²) in [6, 6.07) is 4.92.